The van der Waals surface area contributed by atoms with Crippen LogP contribution < -0.4 is 21.5 Å². The van der Waals surface area contributed by atoms with E-state index in [1.165, 1.54) is 13.2 Å². The molecule has 0 aromatic carbocycles. The van der Waals surface area contributed by atoms with Crippen LogP contribution >= 0.6 is 27.5 Å². The van der Waals surface area contributed by atoms with Crippen LogP contribution in [0.3, 0.4) is 0 Å². The first-order valence-corrected chi connectivity index (χ1v) is 6.90. The van der Waals surface area contributed by atoms with Crippen molar-refractivity contribution in [2.24, 2.45) is 0 Å². The Balaban J connectivity index is 2.27. The number of H-pyrrole nitrogens is 1. The smallest absolute Gasteiger partial charge is 0.319 e. The number of nitrogens with one attached hydrogen (secondary N) is 4. The second-order valence-corrected chi connectivity index (χ2v) is 5.22. The minimum absolute atomic E-state index is 0.0412. The third-order valence-corrected chi connectivity index (χ3v) is 3.60. The molecule has 0 aliphatic heterocycles. The predicted octanol–water partition coefficient (Wildman–Crippen LogP) is 2.23. The summed E-state index contributed by atoms with van der Waals surface area (Å²) in [5.74, 6) is -0.285. The standard InChI is InChI=1S/C10H9BrFN5O2S/c1-13-10(19)16-7-8(18)17-20-9(7)15-6-2-5(12)4(11)3-14-6/h2-3H,1H3,(H,14,15)(H,17,18)(H2,13,16,19). The number of amides is 2. The van der Waals surface area contributed by atoms with E-state index in [0.717, 1.165) is 17.6 Å². The van der Waals surface area contributed by atoms with Crippen LogP contribution in [0.5, 0.6) is 0 Å². The van der Waals surface area contributed by atoms with Gasteiger partial charge in [-0.2, -0.15) is 0 Å². The number of urea groups is 1. The highest BCUT2D eigenvalue weighted by Gasteiger charge is 2.14. The summed E-state index contributed by atoms with van der Waals surface area (Å²) in [5, 5.41) is 7.80. The molecule has 0 saturated carbocycles. The zero-order valence-electron chi connectivity index (χ0n) is 10.1. The van der Waals surface area contributed by atoms with Gasteiger partial charge in [0.15, 0.2) is 0 Å². The number of nitrogens with zero attached hydrogens (tertiary/aromatic N) is 1. The van der Waals surface area contributed by atoms with Crippen LogP contribution in [0, 0.1) is 5.82 Å². The Morgan fingerprint density at radius 3 is 2.95 bits per heavy atom. The molecule has 7 nitrogen and oxygen atoms in total. The van der Waals surface area contributed by atoms with Crippen LogP contribution in [0.2, 0.25) is 0 Å². The lowest BCUT2D eigenvalue weighted by Gasteiger charge is -2.06. The van der Waals surface area contributed by atoms with E-state index in [9.17, 15) is 14.0 Å². The Morgan fingerprint density at radius 2 is 2.30 bits per heavy atom. The van der Waals surface area contributed by atoms with E-state index in [0.29, 0.717) is 5.00 Å². The van der Waals surface area contributed by atoms with Gasteiger partial charge in [-0.05, 0) is 27.5 Å². The fraction of sp³-hybridized carbons (Fsp3) is 0.100. The molecule has 2 amide bonds. The molecule has 0 fully saturated rings. The van der Waals surface area contributed by atoms with Crippen molar-refractivity contribution in [1.29, 1.82) is 0 Å². The van der Waals surface area contributed by atoms with Crippen molar-refractivity contribution < 1.29 is 9.18 Å². The van der Waals surface area contributed by atoms with Crippen molar-refractivity contribution >= 4 is 50.0 Å². The van der Waals surface area contributed by atoms with Crippen molar-refractivity contribution in [2.45, 2.75) is 0 Å². The topological polar surface area (TPSA) is 98.9 Å². The highest BCUT2D eigenvalue weighted by atomic mass is 79.9. The number of halogens is 2. The van der Waals surface area contributed by atoms with E-state index in [4.69, 9.17) is 0 Å². The molecule has 4 N–H and O–H groups in total. The molecule has 0 bridgehead atoms. The maximum absolute atomic E-state index is 13.4. The van der Waals surface area contributed by atoms with Gasteiger partial charge < -0.3 is 16.0 Å². The van der Waals surface area contributed by atoms with Crippen molar-refractivity contribution in [3.63, 3.8) is 0 Å². The van der Waals surface area contributed by atoms with Crippen LogP contribution in [0.1, 0.15) is 0 Å². The molecular formula is C10H9BrFN5O2S. The first kappa shape index (κ1) is 14.5. The number of anilines is 3. The van der Waals surface area contributed by atoms with E-state index in [1.807, 2.05) is 0 Å². The summed E-state index contributed by atoms with van der Waals surface area (Å²) >= 11 is 3.96. The molecule has 0 spiro atoms. The van der Waals surface area contributed by atoms with Gasteiger partial charge in [0.1, 0.15) is 22.3 Å². The normalized spacial score (nSPS) is 10.2. The Kier molecular flexibility index (Phi) is 4.35. The van der Waals surface area contributed by atoms with Crippen molar-refractivity contribution in [3.05, 3.63) is 32.9 Å². The Labute approximate surface area is 124 Å². The Morgan fingerprint density at radius 1 is 1.55 bits per heavy atom. The largest absolute Gasteiger partial charge is 0.341 e. The van der Waals surface area contributed by atoms with Crippen LogP contribution in [0.25, 0.3) is 0 Å². The molecule has 106 valence electrons. The van der Waals surface area contributed by atoms with Gasteiger partial charge >= 0.3 is 6.03 Å². The Hall–Kier alpha value is -1.94. The number of rotatable bonds is 3. The van der Waals surface area contributed by atoms with Crippen molar-refractivity contribution in [1.82, 2.24) is 14.7 Å². The average Bonchev–Trinajstić information content (AvgIpc) is 2.75. The molecule has 2 rings (SSSR count). The number of aromatic amines is 1. The summed E-state index contributed by atoms with van der Waals surface area (Å²) in [5.41, 5.74) is -0.418. The van der Waals surface area contributed by atoms with Crippen LogP contribution in [-0.2, 0) is 0 Å². The SMILES string of the molecule is CNC(=O)Nc1c(Nc2cc(F)c(Br)cn2)s[nH]c1=O. The number of hydrogen-bond acceptors (Lipinski definition) is 5. The maximum Gasteiger partial charge on any atom is 0.319 e. The minimum Gasteiger partial charge on any atom is -0.341 e. The monoisotopic (exact) mass is 361 g/mol. The van der Waals surface area contributed by atoms with Crippen LogP contribution in [0.4, 0.5) is 25.7 Å². The zero-order valence-corrected chi connectivity index (χ0v) is 12.5. The summed E-state index contributed by atoms with van der Waals surface area (Å²) in [6, 6.07) is 0.629. The molecule has 0 saturated heterocycles. The number of carbonyl (C=O) groups excluding carboxylic acids is 1. The molecule has 2 aromatic rings. The highest BCUT2D eigenvalue weighted by molar-refractivity contribution is 9.10. The van der Waals surface area contributed by atoms with Gasteiger partial charge in [-0.15, -0.1) is 0 Å². The quantitative estimate of drug-likeness (QED) is 0.673. The van der Waals surface area contributed by atoms with Crippen LogP contribution in [0.15, 0.2) is 21.5 Å². The third-order valence-electron chi connectivity index (χ3n) is 2.22. The molecule has 0 aliphatic carbocycles. The second-order valence-electron chi connectivity index (χ2n) is 3.55. The van der Waals surface area contributed by atoms with Gasteiger partial charge in [0.05, 0.1) is 4.47 Å². The third kappa shape index (κ3) is 3.14. The van der Waals surface area contributed by atoms with Gasteiger partial charge in [-0.25, -0.2) is 14.2 Å². The van der Waals surface area contributed by atoms with Crippen LogP contribution in [-0.4, -0.2) is 22.4 Å². The number of aromatic nitrogens is 2. The number of pyridine rings is 1. The first-order valence-electron chi connectivity index (χ1n) is 5.29. The van der Waals surface area contributed by atoms with E-state index in [1.54, 1.807) is 0 Å². The molecule has 2 heterocycles. The van der Waals surface area contributed by atoms with E-state index in [2.05, 4.69) is 41.2 Å². The molecule has 0 atom stereocenters. The lowest BCUT2D eigenvalue weighted by atomic mass is 10.4. The van der Waals surface area contributed by atoms with Gasteiger partial charge in [-0.3, -0.25) is 9.17 Å². The summed E-state index contributed by atoms with van der Waals surface area (Å²) in [4.78, 5) is 26.8. The van der Waals surface area contributed by atoms with E-state index < -0.39 is 17.4 Å². The lowest BCUT2D eigenvalue weighted by Crippen LogP contribution is -2.27. The highest BCUT2D eigenvalue weighted by Crippen LogP contribution is 2.26. The summed E-state index contributed by atoms with van der Waals surface area (Å²) in [7, 11) is 1.43. The van der Waals surface area contributed by atoms with Crippen molar-refractivity contribution in [2.75, 3.05) is 17.7 Å². The summed E-state index contributed by atoms with van der Waals surface area (Å²) < 4.78 is 16.1. The summed E-state index contributed by atoms with van der Waals surface area (Å²) in [6.45, 7) is 0. The zero-order chi connectivity index (χ0) is 14.7. The molecule has 10 heteroatoms. The summed E-state index contributed by atoms with van der Waals surface area (Å²) in [6.07, 6.45) is 1.29. The van der Waals surface area contributed by atoms with Crippen molar-refractivity contribution in [3.8, 4) is 0 Å². The molecule has 2 aromatic heterocycles. The fourth-order valence-corrected chi connectivity index (χ4v) is 2.19. The maximum atomic E-state index is 13.4. The van der Waals surface area contributed by atoms with E-state index in [-0.39, 0.29) is 16.0 Å². The molecule has 0 aliphatic rings. The van der Waals surface area contributed by atoms with Gasteiger partial charge in [0, 0.05) is 19.3 Å². The number of carbonyl (C=O) groups is 1. The van der Waals surface area contributed by atoms with Gasteiger partial charge in [0.2, 0.25) is 0 Å². The molecule has 0 radical (unpaired) electrons. The number of hydrogen-bond donors (Lipinski definition) is 4. The van der Waals surface area contributed by atoms with Gasteiger partial charge in [-0.1, -0.05) is 0 Å². The minimum atomic E-state index is -0.535. The molecule has 0 unspecified atom stereocenters. The average molecular weight is 362 g/mol. The lowest BCUT2D eigenvalue weighted by molar-refractivity contribution is 0.254. The predicted molar refractivity (Wildman–Crippen MR) is 78.2 cm³/mol. The fourth-order valence-electron chi connectivity index (χ4n) is 1.28. The molecular weight excluding hydrogens is 353 g/mol. The second kappa shape index (κ2) is 6.01. The first-order chi connectivity index (χ1) is 9.51. The van der Waals surface area contributed by atoms with Gasteiger partial charge in [0.25, 0.3) is 5.56 Å². The van der Waals surface area contributed by atoms with E-state index >= 15 is 0 Å². The Bertz CT molecular complexity index is 701. The molecule has 20 heavy (non-hydrogen) atoms.